The molecule has 0 bridgehead atoms. The lowest BCUT2D eigenvalue weighted by Crippen LogP contribution is -2.28. The molecule has 6 heteroatoms. The van der Waals surface area contributed by atoms with Gasteiger partial charge < -0.3 is 15.4 Å². The Morgan fingerprint density at radius 3 is 2.40 bits per heavy atom. The summed E-state index contributed by atoms with van der Waals surface area (Å²) in [5.41, 5.74) is 2.16. The van der Waals surface area contributed by atoms with E-state index in [-0.39, 0.29) is 30.0 Å². The van der Waals surface area contributed by atoms with Crippen molar-refractivity contribution >= 4 is 17.5 Å². The monoisotopic (exact) mass is 344 g/mol. The maximum Gasteiger partial charge on any atom is 0.224 e. The number of benzene rings is 2. The molecule has 2 aromatic carbocycles. The van der Waals surface area contributed by atoms with Crippen molar-refractivity contribution in [2.45, 2.75) is 26.3 Å². The molecular formula is C19H21FN2O3. The summed E-state index contributed by atoms with van der Waals surface area (Å²) in [7, 11) is 1.40. The highest BCUT2D eigenvalue weighted by molar-refractivity contribution is 5.88. The van der Waals surface area contributed by atoms with Crippen LogP contribution in [0.25, 0.3) is 0 Å². The molecule has 2 aromatic rings. The van der Waals surface area contributed by atoms with Crippen molar-refractivity contribution in [2.75, 3.05) is 12.4 Å². The molecule has 5 nitrogen and oxygen atoms in total. The van der Waals surface area contributed by atoms with Gasteiger partial charge >= 0.3 is 0 Å². The fourth-order valence-electron chi connectivity index (χ4n) is 2.42. The van der Waals surface area contributed by atoms with Gasteiger partial charge in [0.15, 0.2) is 11.6 Å². The van der Waals surface area contributed by atoms with Crippen molar-refractivity contribution in [1.29, 1.82) is 0 Å². The van der Waals surface area contributed by atoms with Crippen LogP contribution in [0.1, 0.15) is 31.0 Å². The molecule has 2 amide bonds. The fraction of sp³-hybridized carbons (Fsp3) is 0.263. The van der Waals surface area contributed by atoms with Crippen LogP contribution >= 0.6 is 0 Å². The van der Waals surface area contributed by atoms with Crippen molar-refractivity contribution in [2.24, 2.45) is 0 Å². The summed E-state index contributed by atoms with van der Waals surface area (Å²) in [4.78, 5) is 23.2. The van der Waals surface area contributed by atoms with Gasteiger partial charge in [0.25, 0.3) is 0 Å². The van der Waals surface area contributed by atoms with Crippen LogP contribution in [0.4, 0.5) is 10.1 Å². The summed E-state index contributed by atoms with van der Waals surface area (Å²) in [6, 6.07) is 11.3. The van der Waals surface area contributed by atoms with E-state index in [1.807, 2.05) is 0 Å². The van der Waals surface area contributed by atoms with E-state index in [1.165, 1.54) is 26.2 Å². The summed E-state index contributed by atoms with van der Waals surface area (Å²) in [6.45, 7) is 3.23. The summed E-state index contributed by atoms with van der Waals surface area (Å²) < 4.78 is 18.6. The Kier molecular flexibility index (Phi) is 6.11. The van der Waals surface area contributed by atoms with Crippen molar-refractivity contribution in [3.05, 3.63) is 59.4 Å². The van der Waals surface area contributed by atoms with Crippen molar-refractivity contribution in [1.82, 2.24) is 5.32 Å². The first-order valence-electron chi connectivity index (χ1n) is 7.88. The van der Waals surface area contributed by atoms with Gasteiger partial charge in [-0.1, -0.05) is 18.2 Å². The van der Waals surface area contributed by atoms with Gasteiger partial charge in [-0.2, -0.15) is 0 Å². The third-order valence-electron chi connectivity index (χ3n) is 3.69. The van der Waals surface area contributed by atoms with Gasteiger partial charge in [0.2, 0.25) is 11.8 Å². The molecule has 0 spiro atoms. The topological polar surface area (TPSA) is 67.4 Å². The van der Waals surface area contributed by atoms with Crippen LogP contribution < -0.4 is 15.4 Å². The average Bonchev–Trinajstić information content (AvgIpc) is 2.56. The number of halogens is 1. The molecule has 1 atom stereocenters. The van der Waals surface area contributed by atoms with Gasteiger partial charge in [-0.25, -0.2) is 4.39 Å². The number of hydrogen-bond donors (Lipinski definition) is 2. The number of ether oxygens (including phenoxy) is 1. The molecule has 2 rings (SSSR count). The number of anilines is 1. The van der Waals surface area contributed by atoms with Crippen LogP contribution in [-0.2, 0) is 16.0 Å². The number of methoxy groups -OCH3 is 1. The number of carbonyl (C=O) groups is 2. The molecule has 0 radical (unpaired) electrons. The zero-order valence-electron chi connectivity index (χ0n) is 14.4. The number of hydrogen-bond acceptors (Lipinski definition) is 3. The lowest BCUT2D eigenvalue weighted by Gasteiger charge is -2.15. The summed E-state index contributed by atoms with van der Waals surface area (Å²) >= 11 is 0. The number of amides is 2. The average molecular weight is 344 g/mol. The lowest BCUT2D eigenvalue weighted by molar-refractivity contribution is -0.121. The zero-order valence-corrected chi connectivity index (χ0v) is 14.4. The van der Waals surface area contributed by atoms with E-state index in [9.17, 15) is 14.0 Å². The summed E-state index contributed by atoms with van der Waals surface area (Å²) in [5, 5.41) is 5.51. The van der Waals surface area contributed by atoms with Gasteiger partial charge in [-0.3, -0.25) is 9.59 Å². The standard InChI is InChI=1S/C19H21FN2O3/c1-12(15-6-9-18(25-3)17(20)11-15)21-19(24)10-14-4-7-16(8-5-14)22-13(2)23/h4-9,11-12H,10H2,1-3H3,(H,21,24)(H,22,23)/t12-/m0/s1. The first-order valence-corrected chi connectivity index (χ1v) is 7.88. The van der Waals surface area contributed by atoms with E-state index in [0.29, 0.717) is 11.3 Å². The zero-order chi connectivity index (χ0) is 18.4. The number of nitrogens with one attached hydrogen (secondary N) is 2. The quantitative estimate of drug-likeness (QED) is 0.845. The van der Waals surface area contributed by atoms with Crippen molar-refractivity contribution in [3.63, 3.8) is 0 Å². The fourth-order valence-corrected chi connectivity index (χ4v) is 2.42. The molecule has 0 aliphatic heterocycles. The molecule has 132 valence electrons. The van der Waals surface area contributed by atoms with Crippen LogP contribution in [0.15, 0.2) is 42.5 Å². The first-order chi connectivity index (χ1) is 11.9. The van der Waals surface area contributed by atoms with E-state index < -0.39 is 5.82 Å². The van der Waals surface area contributed by atoms with E-state index >= 15 is 0 Å². The third kappa shape index (κ3) is 5.31. The maximum absolute atomic E-state index is 13.8. The van der Waals surface area contributed by atoms with Gasteiger partial charge in [0, 0.05) is 12.6 Å². The minimum atomic E-state index is -0.463. The van der Waals surface area contributed by atoms with E-state index in [1.54, 1.807) is 37.3 Å². The Hall–Kier alpha value is -2.89. The predicted octanol–water partition coefficient (Wildman–Crippen LogP) is 3.21. The molecule has 0 saturated heterocycles. The van der Waals surface area contributed by atoms with Crippen LogP contribution in [-0.4, -0.2) is 18.9 Å². The molecule has 2 N–H and O–H groups in total. The first kappa shape index (κ1) is 18.4. The minimum absolute atomic E-state index is 0.147. The molecule has 25 heavy (non-hydrogen) atoms. The number of carbonyl (C=O) groups excluding carboxylic acids is 2. The van der Waals surface area contributed by atoms with Gasteiger partial charge in [-0.15, -0.1) is 0 Å². The van der Waals surface area contributed by atoms with Gasteiger partial charge in [0.1, 0.15) is 0 Å². The second-order valence-corrected chi connectivity index (χ2v) is 5.74. The molecule has 0 aliphatic rings. The molecule has 0 unspecified atom stereocenters. The van der Waals surface area contributed by atoms with Gasteiger partial charge in [0.05, 0.1) is 19.6 Å². The Bertz CT molecular complexity index is 760. The van der Waals surface area contributed by atoms with E-state index in [2.05, 4.69) is 10.6 Å². The molecular weight excluding hydrogens is 323 g/mol. The van der Waals surface area contributed by atoms with E-state index in [0.717, 1.165) is 5.56 Å². The Morgan fingerprint density at radius 1 is 1.16 bits per heavy atom. The van der Waals surface area contributed by atoms with Crippen LogP contribution in [0.5, 0.6) is 5.75 Å². The molecule has 0 heterocycles. The highest BCUT2D eigenvalue weighted by Gasteiger charge is 2.13. The lowest BCUT2D eigenvalue weighted by atomic mass is 10.1. The Balaban J connectivity index is 1.95. The second-order valence-electron chi connectivity index (χ2n) is 5.74. The summed E-state index contributed by atoms with van der Waals surface area (Å²) in [6.07, 6.45) is 0.198. The molecule has 0 fully saturated rings. The highest BCUT2D eigenvalue weighted by atomic mass is 19.1. The number of rotatable bonds is 6. The largest absolute Gasteiger partial charge is 0.494 e. The minimum Gasteiger partial charge on any atom is -0.494 e. The third-order valence-corrected chi connectivity index (χ3v) is 3.69. The predicted molar refractivity (Wildman–Crippen MR) is 94.0 cm³/mol. The smallest absolute Gasteiger partial charge is 0.224 e. The second kappa shape index (κ2) is 8.28. The molecule has 0 aliphatic carbocycles. The van der Waals surface area contributed by atoms with Crippen LogP contribution in [0, 0.1) is 5.82 Å². The SMILES string of the molecule is COc1ccc([C@H](C)NC(=O)Cc2ccc(NC(C)=O)cc2)cc1F. The molecule has 0 aromatic heterocycles. The Labute approximate surface area is 146 Å². The van der Waals surface area contributed by atoms with Gasteiger partial charge in [-0.05, 0) is 42.3 Å². The van der Waals surface area contributed by atoms with Crippen LogP contribution in [0.2, 0.25) is 0 Å². The van der Waals surface area contributed by atoms with Crippen LogP contribution in [0.3, 0.4) is 0 Å². The van der Waals surface area contributed by atoms with E-state index in [4.69, 9.17) is 4.74 Å². The summed E-state index contributed by atoms with van der Waals surface area (Å²) in [5.74, 6) is -0.613. The normalized spacial score (nSPS) is 11.5. The Morgan fingerprint density at radius 2 is 1.84 bits per heavy atom. The van der Waals surface area contributed by atoms with Crippen molar-refractivity contribution in [3.8, 4) is 5.75 Å². The van der Waals surface area contributed by atoms with Crippen molar-refractivity contribution < 1.29 is 18.7 Å². The molecule has 0 saturated carbocycles. The highest BCUT2D eigenvalue weighted by Crippen LogP contribution is 2.21. The maximum atomic E-state index is 13.8.